The fourth-order valence-corrected chi connectivity index (χ4v) is 2.27. The van der Waals surface area contributed by atoms with Crippen molar-refractivity contribution in [3.05, 3.63) is 64.5 Å². The van der Waals surface area contributed by atoms with Crippen LogP contribution in [0.5, 0.6) is 0 Å². The van der Waals surface area contributed by atoms with Crippen LogP contribution in [0.4, 0.5) is 0 Å². The summed E-state index contributed by atoms with van der Waals surface area (Å²) in [5, 5.41) is 0. The average molecular weight is 240 g/mol. The summed E-state index contributed by atoms with van der Waals surface area (Å²) in [4.78, 5) is 4.39. The van der Waals surface area contributed by atoms with E-state index in [4.69, 9.17) is 5.73 Å². The van der Waals surface area contributed by atoms with Gasteiger partial charge in [-0.25, -0.2) is 0 Å². The van der Waals surface area contributed by atoms with E-state index >= 15 is 0 Å². The predicted octanol–water partition coefficient (Wildman–Crippen LogP) is 3.25. The third-order valence-corrected chi connectivity index (χ3v) is 3.23. The van der Waals surface area contributed by atoms with Crippen molar-refractivity contribution < 1.29 is 0 Å². The molecule has 0 aliphatic heterocycles. The molecule has 0 saturated carbocycles. The zero-order valence-corrected chi connectivity index (χ0v) is 11.3. The lowest BCUT2D eigenvalue weighted by Crippen LogP contribution is -2.14. The van der Waals surface area contributed by atoms with Crippen LogP contribution in [0.25, 0.3) is 0 Å². The Hall–Kier alpha value is -1.67. The first-order valence-electron chi connectivity index (χ1n) is 6.31. The fourth-order valence-electron chi connectivity index (χ4n) is 2.27. The standard InChI is InChI=1S/C16H20N2/c1-11-6-4-5-7-14(11)10-16(17)15-8-12(2)18-13(3)9-15/h4-9,16H,10,17H2,1-3H3. The molecule has 94 valence electrons. The van der Waals surface area contributed by atoms with Crippen molar-refractivity contribution in [1.29, 1.82) is 0 Å². The number of hydrogen-bond acceptors (Lipinski definition) is 2. The van der Waals surface area contributed by atoms with E-state index in [0.717, 1.165) is 17.8 Å². The minimum Gasteiger partial charge on any atom is -0.324 e. The first-order valence-corrected chi connectivity index (χ1v) is 6.31. The van der Waals surface area contributed by atoms with Crippen molar-refractivity contribution in [2.75, 3.05) is 0 Å². The molecule has 0 radical (unpaired) electrons. The Morgan fingerprint density at radius 2 is 1.67 bits per heavy atom. The third-order valence-electron chi connectivity index (χ3n) is 3.23. The largest absolute Gasteiger partial charge is 0.324 e. The highest BCUT2D eigenvalue weighted by Gasteiger charge is 2.09. The number of benzene rings is 1. The summed E-state index contributed by atoms with van der Waals surface area (Å²) in [6, 6.07) is 12.6. The van der Waals surface area contributed by atoms with Crippen molar-refractivity contribution >= 4 is 0 Å². The Labute approximate surface area is 109 Å². The Bertz CT molecular complexity index is 526. The smallest absolute Gasteiger partial charge is 0.0379 e. The maximum Gasteiger partial charge on any atom is 0.0379 e. The SMILES string of the molecule is Cc1cc(C(N)Cc2ccccc2C)cc(C)n1. The van der Waals surface area contributed by atoms with Crippen LogP contribution in [-0.4, -0.2) is 4.98 Å². The summed E-state index contributed by atoms with van der Waals surface area (Å²) in [6.45, 7) is 6.15. The van der Waals surface area contributed by atoms with Gasteiger partial charge in [0.05, 0.1) is 0 Å². The minimum absolute atomic E-state index is 0.0338. The molecule has 1 unspecified atom stereocenters. The maximum absolute atomic E-state index is 6.31. The van der Waals surface area contributed by atoms with Crippen LogP contribution in [0.2, 0.25) is 0 Å². The molecule has 1 atom stereocenters. The van der Waals surface area contributed by atoms with E-state index in [9.17, 15) is 0 Å². The number of hydrogen-bond donors (Lipinski definition) is 1. The molecule has 2 rings (SSSR count). The zero-order chi connectivity index (χ0) is 13.1. The molecule has 2 heteroatoms. The Kier molecular flexibility index (Phi) is 3.78. The van der Waals surface area contributed by atoms with Gasteiger partial charge in [0.2, 0.25) is 0 Å². The van der Waals surface area contributed by atoms with Crippen LogP contribution < -0.4 is 5.73 Å². The van der Waals surface area contributed by atoms with Crippen LogP contribution in [0.1, 0.15) is 34.1 Å². The number of aromatic nitrogens is 1. The molecule has 0 fully saturated rings. The van der Waals surface area contributed by atoms with E-state index in [2.05, 4.69) is 48.3 Å². The predicted molar refractivity (Wildman–Crippen MR) is 75.5 cm³/mol. The molecule has 0 bridgehead atoms. The second-order valence-electron chi connectivity index (χ2n) is 4.92. The molecule has 2 aromatic rings. The van der Waals surface area contributed by atoms with E-state index in [-0.39, 0.29) is 6.04 Å². The van der Waals surface area contributed by atoms with Crippen LogP contribution >= 0.6 is 0 Å². The molecule has 1 aromatic carbocycles. The summed E-state index contributed by atoms with van der Waals surface area (Å²) < 4.78 is 0. The first kappa shape index (κ1) is 12.8. The lowest BCUT2D eigenvalue weighted by atomic mass is 9.96. The third kappa shape index (κ3) is 2.96. The minimum atomic E-state index is 0.0338. The summed E-state index contributed by atoms with van der Waals surface area (Å²) in [7, 11) is 0. The van der Waals surface area contributed by atoms with E-state index in [1.54, 1.807) is 0 Å². The van der Waals surface area contributed by atoms with Gasteiger partial charge in [0.25, 0.3) is 0 Å². The Morgan fingerprint density at radius 3 is 2.28 bits per heavy atom. The van der Waals surface area contributed by atoms with E-state index < -0.39 is 0 Å². The molecule has 0 aliphatic carbocycles. The highest BCUT2D eigenvalue weighted by Crippen LogP contribution is 2.19. The molecule has 1 heterocycles. The lowest BCUT2D eigenvalue weighted by Gasteiger charge is -2.15. The van der Waals surface area contributed by atoms with Crippen LogP contribution in [0.3, 0.4) is 0 Å². The van der Waals surface area contributed by atoms with Gasteiger partial charge in [-0.1, -0.05) is 24.3 Å². The summed E-state index contributed by atoms with van der Waals surface area (Å²) in [6.07, 6.45) is 0.871. The van der Waals surface area contributed by atoms with Crippen LogP contribution in [0, 0.1) is 20.8 Å². The topological polar surface area (TPSA) is 38.9 Å². The fraction of sp³-hybridized carbons (Fsp3) is 0.312. The van der Waals surface area contributed by atoms with Crippen molar-refractivity contribution in [3.63, 3.8) is 0 Å². The van der Waals surface area contributed by atoms with Gasteiger partial charge >= 0.3 is 0 Å². The van der Waals surface area contributed by atoms with Crippen LogP contribution in [-0.2, 0) is 6.42 Å². The molecule has 1 aromatic heterocycles. The maximum atomic E-state index is 6.31. The Morgan fingerprint density at radius 1 is 1.06 bits per heavy atom. The number of aryl methyl sites for hydroxylation is 3. The second kappa shape index (κ2) is 5.32. The normalized spacial score (nSPS) is 12.4. The zero-order valence-electron chi connectivity index (χ0n) is 11.3. The first-order chi connectivity index (χ1) is 8.56. The molecular formula is C16H20N2. The average Bonchev–Trinajstić information content (AvgIpc) is 2.31. The second-order valence-corrected chi connectivity index (χ2v) is 4.92. The van der Waals surface area contributed by atoms with Crippen LogP contribution in [0.15, 0.2) is 36.4 Å². The molecule has 0 saturated heterocycles. The van der Waals surface area contributed by atoms with Crippen molar-refractivity contribution in [1.82, 2.24) is 4.98 Å². The van der Waals surface area contributed by atoms with Gasteiger partial charge in [0.1, 0.15) is 0 Å². The highest BCUT2D eigenvalue weighted by atomic mass is 14.7. The lowest BCUT2D eigenvalue weighted by molar-refractivity contribution is 0.714. The number of nitrogens with zero attached hydrogens (tertiary/aromatic N) is 1. The monoisotopic (exact) mass is 240 g/mol. The summed E-state index contributed by atoms with van der Waals surface area (Å²) in [5.74, 6) is 0. The Balaban J connectivity index is 2.22. The van der Waals surface area contributed by atoms with Gasteiger partial charge < -0.3 is 5.73 Å². The number of nitrogens with two attached hydrogens (primary N) is 1. The number of pyridine rings is 1. The van der Waals surface area contributed by atoms with E-state index in [1.807, 2.05) is 13.8 Å². The van der Waals surface area contributed by atoms with Crippen molar-refractivity contribution in [2.24, 2.45) is 5.73 Å². The van der Waals surface area contributed by atoms with Gasteiger partial charge in [-0.2, -0.15) is 0 Å². The van der Waals surface area contributed by atoms with Gasteiger partial charge in [0.15, 0.2) is 0 Å². The number of rotatable bonds is 3. The van der Waals surface area contributed by atoms with Crippen molar-refractivity contribution in [2.45, 2.75) is 33.2 Å². The molecule has 2 N–H and O–H groups in total. The van der Waals surface area contributed by atoms with Gasteiger partial charge in [-0.15, -0.1) is 0 Å². The molecule has 0 aliphatic rings. The van der Waals surface area contributed by atoms with E-state index in [0.29, 0.717) is 0 Å². The van der Waals surface area contributed by atoms with Gasteiger partial charge in [-0.05, 0) is 56.0 Å². The summed E-state index contributed by atoms with van der Waals surface area (Å²) >= 11 is 0. The van der Waals surface area contributed by atoms with Gasteiger partial charge in [0, 0.05) is 17.4 Å². The summed E-state index contributed by atoms with van der Waals surface area (Å²) in [5.41, 5.74) is 12.2. The molecule has 0 spiro atoms. The van der Waals surface area contributed by atoms with E-state index in [1.165, 1.54) is 16.7 Å². The molecule has 18 heavy (non-hydrogen) atoms. The van der Waals surface area contributed by atoms with Gasteiger partial charge in [-0.3, -0.25) is 4.98 Å². The molecule has 2 nitrogen and oxygen atoms in total. The molecule has 0 amide bonds. The molecular weight excluding hydrogens is 220 g/mol. The van der Waals surface area contributed by atoms with Crippen molar-refractivity contribution in [3.8, 4) is 0 Å². The quantitative estimate of drug-likeness (QED) is 0.894. The highest BCUT2D eigenvalue weighted by molar-refractivity contribution is 5.30.